The maximum absolute atomic E-state index is 11.8. The highest BCUT2D eigenvalue weighted by atomic mass is 32.2. The number of benzene rings is 1. The van der Waals surface area contributed by atoms with E-state index in [2.05, 4.69) is 0 Å². The molecule has 1 aromatic rings. The van der Waals surface area contributed by atoms with Crippen LogP contribution in [0.2, 0.25) is 0 Å². The fourth-order valence-corrected chi connectivity index (χ4v) is 3.77. The Morgan fingerprint density at radius 1 is 1.17 bits per heavy atom. The van der Waals surface area contributed by atoms with E-state index in [1.165, 1.54) is 12.7 Å². The van der Waals surface area contributed by atoms with Crippen molar-refractivity contribution in [1.29, 1.82) is 0 Å². The Hall–Kier alpha value is -0.870. The van der Waals surface area contributed by atoms with Crippen LogP contribution in [0.5, 0.6) is 0 Å². The van der Waals surface area contributed by atoms with Gasteiger partial charge in [-0.3, -0.25) is 0 Å². The highest BCUT2D eigenvalue weighted by molar-refractivity contribution is 7.90. The monoisotopic (exact) mass is 267 g/mol. The molecule has 3 nitrogen and oxygen atoms in total. The lowest BCUT2D eigenvalue weighted by Crippen LogP contribution is -2.38. The summed E-state index contributed by atoms with van der Waals surface area (Å²) in [5.41, 5.74) is 7.86. The molecule has 4 heteroatoms. The van der Waals surface area contributed by atoms with Crippen LogP contribution in [0.4, 0.5) is 0 Å². The minimum atomic E-state index is -3.18. The van der Waals surface area contributed by atoms with Crippen molar-refractivity contribution < 1.29 is 8.42 Å². The molecule has 2 N–H and O–H groups in total. The van der Waals surface area contributed by atoms with Crippen molar-refractivity contribution in [3.63, 3.8) is 0 Å². The quantitative estimate of drug-likeness (QED) is 0.895. The second kappa shape index (κ2) is 4.67. The molecule has 0 bridgehead atoms. The number of hydrogen-bond acceptors (Lipinski definition) is 3. The Balaban J connectivity index is 2.47. The Labute approximate surface area is 109 Å². The van der Waals surface area contributed by atoms with Crippen molar-refractivity contribution in [2.75, 3.05) is 6.26 Å². The topological polar surface area (TPSA) is 60.2 Å². The van der Waals surface area contributed by atoms with Crippen LogP contribution < -0.4 is 5.73 Å². The second-order valence-electron chi connectivity index (χ2n) is 5.47. The molecular weight excluding hydrogens is 246 g/mol. The van der Waals surface area contributed by atoms with Crippen molar-refractivity contribution in [3.05, 3.63) is 29.3 Å². The third-order valence-electron chi connectivity index (χ3n) is 3.91. The van der Waals surface area contributed by atoms with E-state index in [0.717, 1.165) is 36.8 Å². The van der Waals surface area contributed by atoms with Gasteiger partial charge >= 0.3 is 0 Å². The Morgan fingerprint density at radius 2 is 1.78 bits per heavy atom. The molecule has 1 saturated carbocycles. The molecule has 1 aliphatic rings. The zero-order valence-corrected chi connectivity index (χ0v) is 11.9. The van der Waals surface area contributed by atoms with E-state index in [4.69, 9.17) is 5.73 Å². The van der Waals surface area contributed by atoms with Gasteiger partial charge in [0, 0.05) is 11.8 Å². The van der Waals surface area contributed by atoms with E-state index < -0.39 is 9.84 Å². The molecule has 0 saturated heterocycles. The van der Waals surface area contributed by atoms with Gasteiger partial charge in [0.25, 0.3) is 0 Å². The van der Waals surface area contributed by atoms with Gasteiger partial charge in [-0.05, 0) is 37.0 Å². The largest absolute Gasteiger partial charge is 0.321 e. The third-order valence-corrected chi connectivity index (χ3v) is 5.15. The van der Waals surface area contributed by atoms with E-state index in [0.29, 0.717) is 4.90 Å². The molecule has 18 heavy (non-hydrogen) atoms. The summed E-state index contributed by atoms with van der Waals surface area (Å²) in [7, 11) is -3.18. The Morgan fingerprint density at radius 3 is 2.33 bits per heavy atom. The molecule has 100 valence electrons. The summed E-state index contributed by atoms with van der Waals surface area (Å²) in [5.74, 6) is 0. The predicted octanol–water partition coefficient (Wildman–Crippen LogP) is 2.52. The first-order valence-electron chi connectivity index (χ1n) is 6.43. The van der Waals surface area contributed by atoms with E-state index in [9.17, 15) is 8.42 Å². The summed E-state index contributed by atoms with van der Waals surface area (Å²) < 4.78 is 23.5. The molecular formula is C14H21NO2S. The summed E-state index contributed by atoms with van der Waals surface area (Å²) in [6.45, 7) is 1.82. The van der Waals surface area contributed by atoms with Crippen LogP contribution in [0, 0.1) is 6.92 Å². The van der Waals surface area contributed by atoms with Crippen molar-refractivity contribution in [1.82, 2.24) is 0 Å². The van der Waals surface area contributed by atoms with Crippen molar-refractivity contribution >= 4 is 9.84 Å². The summed E-state index contributed by atoms with van der Waals surface area (Å²) in [6.07, 6.45) is 6.61. The van der Waals surface area contributed by atoms with Crippen LogP contribution in [0.15, 0.2) is 23.1 Å². The first-order valence-corrected chi connectivity index (χ1v) is 8.32. The maximum Gasteiger partial charge on any atom is 0.175 e. The van der Waals surface area contributed by atoms with Crippen LogP contribution in [0.1, 0.15) is 43.2 Å². The lowest BCUT2D eigenvalue weighted by atomic mass is 9.77. The number of aryl methyl sites for hydroxylation is 1. The lowest BCUT2D eigenvalue weighted by molar-refractivity contribution is 0.302. The molecule has 1 aliphatic carbocycles. The van der Waals surface area contributed by atoms with Gasteiger partial charge in [-0.1, -0.05) is 31.4 Å². The smallest absolute Gasteiger partial charge is 0.175 e. The van der Waals surface area contributed by atoms with E-state index in [1.54, 1.807) is 6.07 Å². The summed E-state index contributed by atoms with van der Waals surface area (Å²) in [5, 5.41) is 0. The fraction of sp³-hybridized carbons (Fsp3) is 0.571. The number of hydrogen-bond donors (Lipinski definition) is 1. The molecule has 0 aliphatic heterocycles. The first-order chi connectivity index (χ1) is 8.33. The normalized spacial score (nSPS) is 19.7. The van der Waals surface area contributed by atoms with E-state index in [-0.39, 0.29) is 5.54 Å². The van der Waals surface area contributed by atoms with Crippen LogP contribution >= 0.6 is 0 Å². The Kier molecular flexibility index (Phi) is 3.52. The van der Waals surface area contributed by atoms with Crippen LogP contribution in [-0.4, -0.2) is 14.7 Å². The summed E-state index contributed by atoms with van der Waals surface area (Å²) in [6, 6.07) is 5.63. The molecule has 0 atom stereocenters. The predicted molar refractivity (Wildman–Crippen MR) is 73.2 cm³/mol. The Bertz CT molecular complexity index is 543. The highest BCUT2D eigenvalue weighted by Gasteiger charge is 2.30. The third kappa shape index (κ3) is 2.59. The average molecular weight is 267 g/mol. The average Bonchev–Trinajstić information content (AvgIpc) is 2.28. The molecule has 0 radical (unpaired) electrons. The van der Waals surface area contributed by atoms with Crippen molar-refractivity contribution in [3.8, 4) is 0 Å². The minimum absolute atomic E-state index is 0.342. The standard InChI is InChI=1S/C14H21NO2S/c1-11-6-7-12(10-13(11)18(2,16)17)14(15)8-4-3-5-9-14/h6-7,10H,3-5,8-9,15H2,1-2H3. The van der Waals surface area contributed by atoms with Gasteiger partial charge in [-0.15, -0.1) is 0 Å². The van der Waals surface area contributed by atoms with Crippen LogP contribution in [0.25, 0.3) is 0 Å². The van der Waals surface area contributed by atoms with Gasteiger partial charge in [0.05, 0.1) is 4.90 Å². The summed E-state index contributed by atoms with van der Waals surface area (Å²) in [4.78, 5) is 0.412. The van der Waals surface area contributed by atoms with Gasteiger partial charge in [-0.2, -0.15) is 0 Å². The minimum Gasteiger partial charge on any atom is -0.321 e. The van der Waals surface area contributed by atoms with E-state index in [1.807, 2.05) is 19.1 Å². The molecule has 0 unspecified atom stereocenters. The maximum atomic E-state index is 11.8. The van der Waals surface area contributed by atoms with Crippen molar-refractivity contribution in [2.24, 2.45) is 5.73 Å². The fourth-order valence-electron chi connectivity index (χ4n) is 2.78. The molecule has 0 heterocycles. The van der Waals surface area contributed by atoms with Gasteiger partial charge in [0.1, 0.15) is 0 Å². The molecule has 2 rings (SSSR count). The van der Waals surface area contributed by atoms with Crippen LogP contribution in [0.3, 0.4) is 0 Å². The number of nitrogens with two attached hydrogens (primary N) is 1. The number of rotatable bonds is 2. The molecule has 1 fully saturated rings. The van der Waals surface area contributed by atoms with Crippen molar-refractivity contribution in [2.45, 2.75) is 49.5 Å². The van der Waals surface area contributed by atoms with Gasteiger partial charge in [0.15, 0.2) is 9.84 Å². The first kappa shape index (κ1) is 13.6. The SMILES string of the molecule is Cc1ccc(C2(N)CCCCC2)cc1S(C)(=O)=O. The van der Waals surface area contributed by atoms with Gasteiger partial charge in [0.2, 0.25) is 0 Å². The zero-order valence-electron chi connectivity index (χ0n) is 11.1. The molecule has 0 aromatic heterocycles. The van der Waals surface area contributed by atoms with E-state index >= 15 is 0 Å². The lowest BCUT2D eigenvalue weighted by Gasteiger charge is -2.34. The van der Waals surface area contributed by atoms with Gasteiger partial charge in [-0.25, -0.2) is 8.42 Å². The molecule has 1 aromatic carbocycles. The molecule has 0 amide bonds. The summed E-state index contributed by atoms with van der Waals surface area (Å²) >= 11 is 0. The van der Waals surface area contributed by atoms with Gasteiger partial charge < -0.3 is 5.73 Å². The van der Waals surface area contributed by atoms with Crippen LogP contribution in [-0.2, 0) is 15.4 Å². The molecule has 0 spiro atoms. The number of sulfone groups is 1. The zero-order chi connectivity index (χ0) is 13.4. The highest BCUT2D eigenvalue weighted by Crippen LogP contribution is 2.36. The second-order valence-corrected chi connectivity index (χ2v) is 7.45.